The molecule has 2 aromatic rings. The zero-order valence-electron chi connectivity index (χ0n) is 12.6. The number of esters is 1. The first-order valence-electron chi connectivity index (χ1n) is 6.73. The molecule has 0 atom stereocenters. The normalized spacial score (nSPS) is 10.4. The summed E-state index contributed by atoms with van der Waals surface area (Å²) in [6, 6.07) is 9.45. The second kappa shape index (κ2) is 7.29. The topological polar surface area (TPSA) is 35.5 Å². The van der Waals surface area contributed by atoms with Gasteiger partial charge in [0.2, 0.25) is 0 Å². The minimum absolute atomic E-state index is 0.128. The van der Waals surface area contributed by atoms with Crippen LogP contribution in [-0.2, 0) is 4.79 Å². The molecule has 5 heteroatoms. The third-order valence-electron chi connectivity index (χ3n) is 3.12. The fourth-order valence-corrected chi connectivity index (χ4v) is 3.28. The summed E-state index contributed by atoms with van der Waals surface area (Å²) in [5, 5.41) is 0. The van der Waals surface area contributed by atoms with Crippen molar-refractivity contribution in [2.75, 3.05) is 6.61 Å². The summed E-state index contributed by atoms with van der Waals surface area (Å²) in [5.41, 5.74) is 2.76. The summed E-state index contributed by atoms with van der Waals surface area (Å²) < 4.78 is 12.9. The van der Waals surface area contributed by atoms with Crippen molar-refractivity contribution in [2.45, 2.75) is 20.8 Å². The molecule has 0 heterocycles. The van der Waals surface area contributed by atoms with E-state index < -0.39 is 5.97 Å². The molecular weight excluding hydrogens is 412 g/mol. The van der Waals surface area contributed by atoms with E-state index in [1.54, 1.807) is 0 Å². The van der Waals surface area contributed by atoms with Crippen molar-refractivity contribution in [3.8, 4) is 11.5 Å². The van der Waals surface area contributed by atoms with Crippen molar-refractivity contribution in [1.82, 2.24) is 0 Å². The maximum Gasteiger partial charge on any atom is 0.349 e. The SMILES string of the molecule is Cc1cc(Br)ccc1OCC(=O)Oc1c(C)cc(Br)cc1C. The molecule has 0 spiro atoms. The van der Waals surface area contributed by atoms with Crippen LogP contribution in [0, 0.1) is 20.8 Å². The number of benzene rings is 2. The highest BCUT2D eigenvalue weighted by molar-refractivity contribution is 9.10. The van der Waals surface area contributed by atoms with Crippen LogP contribution in [0.15, 0.2) is 39.3 Å². The lowest BCUT2D eigenvalue weighted by atomic mass is 10.1. The molecule has 0 aliphatic carbocycles. The molecular formula is C17H16Br2O3. The number of carbonyl (C=O) groups excluding carboxylic acids is 1. The lowest BCUT2D eigenvalue weighted by Gasteiger charge is -2.12. The molecule has 116 valence electrons. The monoisotopic (exact) mass is 426 g/mol. The Morgan fingerprint density at radius 3 is 2.14 bits per heavy atom. The molecule has 0 amide bonds. The van der Waals surface area contributed by atoms with E-state index in [0.717, 1.165) is 25.6 Å². The van der Waals surface area contributed by atoms with Gasteiger partial charge in [-0.15, -0.1) is 0 Å². The van der Waals surface area contributed by atoms with Gasteiger partial charge in [0.05, 0.1) is 0 Å². The Balaban J connectivity index is 2.02. The minimum Gasteiger partial charge on any atom is -0.482 e. The van der Waals surface area contributed by atoms with E-state index in [1.807, 2.05) is 51.1 Å². The highest BCUT2D eigenvalue weighted by atomic mass is 79.9. The van der Waals surface area contributed by atoms with E-state index in [4.69, 9.17) is 9.47 Å². The molecule has 0 saturated heterocycles. The number of carbonyl (C=O) groups is 1. The average molecular weight is 428 g/mol. The van der Waals surface area contributed by atoms with Crippen molar-refractivity contribution in [2.24, 2.45) is 0 Å². The number of aryl methyl sites for hydroxylation is 3. The summed E-state index contributed by atoms with van der Waals surface area (Å²) >= 11 is 6.81. The van der Waals surface area contributed by atoms with E-state index in [9.17, 15) is 4.79 Å². The first-order chi connectivity index (χ1) is 10.4. The predicted molar refractivity (Wildman–Crippen MR) is 93.6 cm³/mol. The van der Waals surface area contributed by atoms with Crippen molar-refractivity contribution in [1.29, 1.82) is 0 Å². The van der Waals surface area contributed by atoms with Gasteiger partial charge in [-0.3, -0.25) is 0 Å². The Hall–Kier alpha value is -1.33. The third-order valence-corrected chi connectivity index (χ3v) is 4.07. The molecule has 0 fully saturated rings. The maximum absolute atomic E-state index is 12.0. The maximum atomic E-state index is 12.0. The largest absolute Gasteiger partial charge is 0.482 e. The molecule has 0 aliphatic heterocycles. The Morgan fingerprint density at radius 1 is 0.955 bits per heavy atom. The lowest BCUT2D eigenvalue weighted by Crippen LogP contribution is -2.19. The molecule has 0 bridgehead atoms. The lowest BCUT2D eigenvalue weighted by molar-refractivity contribution is -0.136. The van der Waals surface area contributed by atoms with E-state index >= 15 is 0 Å². The van der Waals surface area contributed by atoms with E-state index in [1.165, 1.54) is 0 Å². The number of halogens is 2. The van der Waals surface area contributed by atoms with Crippen LogP contribution in [-0.4, -0.2) is 12.6 Å². The summed E-state index contributed by atoms with van der Waals surface area (Å²) in [6.45, 7) is 5.60. The van der Waals surface area contributed by atoms with Crippen LogP contribution >= 0.6 is 31.9 Å². The average Bonchev–Trinajstić information content (AvgIpc) is 2.42. The standard InChI is InChI=1S/C17H16Br2O3/c1-10-6-13(18)4-5-15(10)21-9-16(20)22-17-11(2)7-14(19)8-12(17)3/h4-8H,9H2,1-3H3. The van der Waals surface area contributed by atoms with Gasteiger partial charge < -0.3 is 9.47 Å². The van der Waals surface area contributed by atoms with Crippen LogP contribution in [0.25, 0.3) is 0 Å². The van der Waals surface area contributed by atoms with E-state index in [2.05, 4.69) is 31.9 Å². The fraction of sp³-hybridized carbons (Fsp3) is 0.235. The Bertz CT molecular complexity index is 688. The van der Waals surface area contributed by atoms with Crippen molar-refractivity contribution in [3.63, 3.8) is 0 Å². The van der Waals surface area contributed by atoms with Crippen LogP contribution in [0.1, 0.15) is 16.7 Å². The van der Waals surface area contributed by atoms with Crippen molar-refractivity contribution >= 4 is 37.8 Å². The summed E-state index contributed by atoms with van der Waals surface area (Å²) in [5.74, 6) is 0.838. The van der Waals surface area contributed by atoms with Gasteiger partial charge in [0.25, 0.3) is 0 Å². The molecule has 0 N–H and O–H groups in total. The molecule has 0 saturated carbocycles. The number of ether oxygens (including phenoxy) is 2. The molecule has 22 heavy (non-hydrogen) atoms. The fourth-order valence-electron chi connectivity index (χ4n) is 2.11. The molecule has 2 aromatic carbocycles. The van der Waals surface area contributed by atoms with E-state index in [-0.39, 0.29) is 6.61 Å². The molecule has 0 unspecified atom stereocenters. The zero-order chi connectivity index (χ0) is 16.3. The molecule has 3 nitrogen and oxygen atoms in total. The Morgan fingerprint density at radius 2 is 1.55 bits per heavy atom. The van der Waals surface area contributed by atoms with Crippen LogP contribution in [0.4, 0.5) is 0 Å². The van der Waals surface area contributed by atoms with Gasteiger partial charge in [-0.25, -0.2) is 4.79 Å². The van der Waals surface area contributed by atoms with Gasteiger partial charge in [0.1, 0.15) is 11.5 Å². The van der Waals surface area contributed by atoms with Crippen LogP contribution < -0.4 is 9.47 Å². The summed E-state index contributed by atoms with van der Waals surface area (Å²) in [7, 11) is 0. The molecule has 0 aromatic heterocycles. The number of hydrogen-bond acceptors (Lipinski definition) is 3. The number of rotatable bonds is 4. The van der Waals surface area contributed by atoms with Gasteiger partial charge in [0.15, 0.2) is 6.61 Å². The molecule has 2 rings (SSSR count). The van der Waals surface area contributed by atoms with Gasteiger partial charge in [0, 0.05) is 8.95 Å². The second-order valence-electron chi connectivity index (χ2n) is 5.04. The van der Waals surface area contributed by atoms with Gasteiger partial charge in [-0.1, -0.05) is 31.9 Å². The Labute approximate surface area is 146 Å². The highest BCUT2D eigenvalue weighted by Crippen LogP contribution is 2.27. The highest BCUT2D eigenvalue weighted by Gasteiger charge is 2.12. The summed E-state index contributed by atoms with van der Waals surface area (Å²) in [4.78, 5) is 12.0. The predicted octanol–water partition coefficient (Wildman–Crippen LogP) is 5.12. The van der Waals surface area contributed by atoms with Gasteiger partial charge in [-0.2, -0.15) is 0 Å². The second-order valence-corrected chi connectivity index (χ2v) is 6.87. The van der Waals surface area contributed by atoms with E-state index in [0.29, 0.717) is 11.5 Å². The van der Waals surface area contributed by atoms with Gasteiger partial charge in [-0.05, 0) is 67.8 Å². The first-order valence-corrected chi connectivity index (χ1v) is 8.32. The van der Waals surface area contributed by atoms with Crippen LogP contribution in [0.3, 0.4) is 0 Å². The van der Waals surface area contributed by atoms with Crippen molar-refractivity contribution < 1.29 is 14.3 Å². The summed E-state index contributed by atoms with van der Waals surface area (Å²) in [6.07, 6.45) is 0. The number of hydrogen-bond donors (Lipinski definition) is 0. The zero-order valence-corrected chi connectivity index (χ0v) is 15.7. The molecule has 0 radical (unpaired) electrons. The van der Waals surface area contributed by atoms with Crippen LogP contribution in [0.5, 0.6) is 11.5 Å². The first kappa shape index (κ1) is 17.0. The minimum atomic E-state index is -0.421. The van der Waals surface area contributed by atoms with Crippen molar-refractivity contribution in [3.05, 3.63) is 56.0 Å². The quantitative estimate of drug-likeness (QED) is 0.501. The smallest absolute Gasteiger partial charge is 0.349 e. The van der Waals surface area contributed by atoms with Gasteiger partial charge >= 0.3 is 5.97 Å². The molecule has 0 aliphatic rings. The van der Waals surface area contributed by atoms with Crippen LogP contribution in [0.2, 0.25) is 0 Å². The third kappa shape index (κ3) is 4.34. The Kier molecular flexibility index (Phi) is 5.64.